The molecule has 0 aliphatic carbocycles. The van der Waals surface area contributed by atoms with E-state index < -0.39 is 0 Å². The maximum absolute atomic E-state index is 9.63. The van der Waals surface area contributed by atoms with Gasteiger partial charge in [-0.1, -0.05) is 36.0 Å². The molecule has 1 aromatic heterocycles. The summed E-state index contributed by atoms with van der Waals surface area (Å²) in [7, 11) is 0. The van der Waals surface area contributed by atoms with Gasteiger partial charge in [0.1, 0.15) is 22.0 Å². The zero-order chi connectivity index (χ0) is 16.0. The molecular formula is C17H11ClN2O2S. The molecule has 2 N–H and O–H groups in total. The van der Waals surface area contributed by atoms with E-state index in [1.165, 1.54) is 0 Å². The van der Waals surface area contributed by atoms with E-state index in [1.807, 2.05) is 18.2 Å². The second-order valence-electron chi connectivity index (χ2n) is 5.28. The molecule has 4 rings (SSSR count). The second-order valence-corrected chi connectivity index (χ2v) is 6.10. The topological polar surface area (TPSA) is 58.1 Å². The highest BCUT2D eigenvalue weighted by atomic mass is 35.5. The number of benzene rings is 2. The Hall–Kier alpha value is -2.37. The molecule has 0 atom stereocenters. The van der Waals surface area contributed by atoms with E-state index >= 15 is 0 Å². The van der Waals surface area contributed by atoms with Crippen molar-refractivity contribution in [2.24, 2.45) is 0 Å². The van der Waals surface area contributed by atoms with Crippen molar-refractivity contribution in [3.05, 3.63) is 63.3 Å². The Morgan fingerprint density at radius 2 is 2.09 bits per heavy atom. The summed E-state index contributed by atoms with van der Waals surface area (Å²) in [6.45, 7) is 0. The second kappa shape index (κ2) is 5.37. The summed E-state index contributed by atoms with van der Waals surface area (Å²) in [6, 6.07) is 12.3. The lowest BCUT2D eigenvalue weighted by atomic mass is 10.0. The van der Waals surface area contributed by atoms with Gasteiger partial charge in [0.15, 0.2) is 0 Å². The molecule has 2 heterocycles. The third-order valence-corrected chi connectivity index (χ3v) is 4.27. The molecule has 23 heavy (non-hydrogen) atoms. The zero-order valence-corrected chi connectivity index (χ0v) is 13.4. The molecule has 0 saturated heterocycles. The Morgan fingerprint density at radius 1 is 1.22 bits per heavy atom. The number of phenols is 1. The molecule has 0 bridgehead atoms. The molecular weight excluding hydrogens is 332 g/mol. The van der Waals surface area contributed by atoms with Crippen molar-refractivity contribution in [1.82, 2.24) is 9.97 Å². The van der Waals surface area contributed by atoms with E-state index in [1.54, 1.807) is 24.3 Å². The first-order chi connectivity index (χ1) is 11.1. The van der Waals surface area contributed by atoms with Crippen LogP contribution >= 0.6 is 23.8 Å². The van der Waals surface area contributed by atoms with Gasteiger partial charge < -0.3 is 14.8 Å². The van der Waals surface area contributed by atoms with Gasteiger partial charge in [-0.05, 0) is 30.3 Å². The molecule has 4 nitrogen and oxygen atoms in total. The molecule has 3 aromatic rings. The van der Waals surface area contributed by atoms with Crippen LogP contribution in [0, 0.1) is 4.64 Å². The highest BCUT2D eigenvalue weighted by Crippen LogP contribution is 2.37. The van der Waals surface area contributed by atoms with Gasteiger partial charge in [0, 0.05) is 22.6 Å². The number of hydrogen-bond donors (Lipinski definition) is 2. The van der Waals surface area contributed by atoms with Crippen LogP contribution in [0.2, 0.25) is 5.02 Å². The molecule has 6 heteroatoms. The molecule has 114 valence electrons. The van der Waals surface area contributed by atoms with Crippen LogP contribution in [-0.4, -0.2) is 15.1 Å². The summed E-state index contributed by atoms with van der Waals surface area (Å²) >= 11 is 11.4. The van der Waals surface area contributed by atoms with Gasteiger partial charge in [-0.3, -0.25) is 0 Å². The van der Waals surface area contributed by atoms with Crippen molar-refractivity contribution in [3.8, 4) is 28.8 Å². The number of ether oxygens (including phenoxy) is 1. The number of halogens is 1. The first-order valence-electron chi connectivity index (χ1n) is 6.99. The fourth-order valence-corrected chi connectivity index (χ4v) is 3.05. The lowest BCUT2D eigenvalue weighted by Gasteiger charge is -2.20. The minimum atomic E-state index is 0.169. The van der Waals surface area contributed by atoms with Gasteiger partial charge in [0.25, 0.3) is 0 Å². The number of hydrogen-bond acceptors (Lipinski definition) is 4. The Balaban J connectivity index is 1.83. The number of rotatable bonds is 1. The summed E-state index contributed by atoms with van der Waals surface area (Å²) in [5.41, 5.74) is 2.56. The maximum atomic E-state index is 9.63. The van der Waals surface area contributed by atoms with Crippen molar-refractivity contribution in [2.75, 3.05) is 0 Å². The Bertz CT molecular complexity index is 985. The van der Waals surface area contributed by atoms with E-state index in [0.29, 0.717) is 27.8 Å². The SMILES string of the molecule is Oc1cccc(-c2nc(=S)c3c([nH]2)Oc2ccc(Cl)cc2C3)c1. The van der Waals surface area contributed by atoms with Crippen molar-refractivity contribution in [3.63, 3.8) is 0 Å². The highest BCUT2D eigenvalue weighted by molar-refractivity contribution is 7.71. The van der Waals surface area contributed by atoms with Crippen molar-refractivity contribution >= 4 is 23.8 Å². The third kappa shape index (κ3) is 2.58. The molecule has 1 aliphatic rings. The van der Waals surface area contributed by atoms with Crippen molar-refractivity contribution < 1.29 is 9.84 Å². The number of aromatic amines is 1. The first kappa shape index (κ1) is 14.2. The van der Waals surface area contributed by atoms with Gasteiger partial charge in [-0.25, -0.2) is 4.98 Å². The van der Waals surface area contributed by atoms with Gasteiger partial charge in [0.05, 0.1) is 5.56 Å². The van der Waals surface area contributed by atoms with Crippen LogP contribution in [0.5, 0.6) is 17.4 Å². The Morgan fingerprint density at radius 3 is 2.91 bits per heavy atom. The van der Waals surface area contributed by atoms with Crippen molar-refractivity contribution in [2.45, 2.75) is 6.42 Å². The molecule has 0 fully saturated rings. The van der Waals surface area contributed by atoms with Crippen LogP contribution in [0.4, 0.5) is 0 Å². The van der Waals surface area contributed by atoms with Crippen LogP contribution in [0.15, 0.2) is 42.5 Å². The number of fused-ring (bicyclic) bond motifs is 2. The summed E-state index contributed by atoms with van der Waals surface area (Å²) in [5, 5.41) is 10.3. The standard InChI is InChI=1S/C17H11ClN2O2S/c18-11-4-5-14-10(6-11)8-13-16(22-14)19-15(20-17(13)23)9-2-1-3-12(21)7-9/h1-7,21H,8H2,(H,19,20,23). The molecule has 0 unspecified atom stereocenters. The predicted octanol–water partition coefficient (Wildman–Crippen LogP) is 4.86. The average molecular weight is 343 g/mol. The van der Waals surface area contributed by atoms with Crippen LogP contribution in [0.1, 0.15) is 11.1 Å². The Kier molecular flexibility index (Phi) is 3.32. The smallest absolute Gasteiger partial charge is 0.205 e. The molecule has 0 saturated carbocycles. The number of aromatic hydroxyl groups is 1. The van der Waals surface area contributed by atoms with Crippen molar-refractivity contribution in [1.29, 1.82) is 0 Å². The monoisotopic (exact) mass is 342 g/mol. The minimum absolute atomic E-state index is 0.169. The van der Waals surface area contributed by atoms with E-state index in [-0.39, 0.29) is 5.75 Å². The molecule has 0 amide bonds. The summed E-state index contributed by atoms with van der Waals surface area (Å²) < 4.78 is 6.40. The van der Waals surface area contributed by atoms with Crippen LogP contribution in [0.3, 0.4) is 0 Å². The number of nitrogens with zero attached hydrogens (tertiary/aromatic N) is 1. The molecule has 0 spiro atoms. The first-order valence-corrected chi connectivity index (χ1v) is 7.77. The lowest BCUT2D eigenvalue weighted by molar-refractivity contribution is 0.439. The third-order valence-electron chi connectivity index (χ3n) is 3.70. The summed E-state index contributed by atoms with van der Waals surface area (Å²) in [5.74, 6) is 2.06. The lowest BCUT2D eigenvalue weighted by Crippen LogP contribution is -2.07. The molecule has 0 radical (unpaired) electrons. The average Bonchev–Trinajstić information content (AvgIpc) is 2.53. The largest absolute Gasteiger partial charge is 0.508 e. The van der Waals surface area contributed by atoms with Crippen LogP contribution in [-0.2, 0) is 6.42 Å². The maximum Gasteiger partial charge on any atom is 0.205 e. The van der Waals surface area contributed by atoms with Crippen LogP contribution in [0.25, 0.3) is 11.4 Å². The van der Waals surface area contributed by atoms with Gasteiger partial charge in [-0.15, -0.1) is 0 Å². The number of phenolic OH excluding ortho intramolecular Hbond substituents is 1. The minimum Gasteiger partial charge on any atom is -0.508 e. The summed E-state index contributed by atoms with van der Waals surface area (Å²) in [4.78, 5) is 7.59. The normalized spacial score (nSPS) is 12.2. The predicted molar refractivity (Wildman–Crippen MR) is 90.9 cm³/mol. The zero-order valence-electron chi connectivity index (χ0n) is 11.8. The van der Waals surface area contributed by atoms with E-state index in [0.717, 1.165) is 22.4 Å². The van der Waals surface area contributed by atoms with E-state index in [9.17, 15) is 5.11 Å². The molecule has 1 aliphatic heterocycles. The van der Waals surface area contributed by atoms with Gasteiger partial charge in [-0.2, -0.15) is 0 Å². The molecule has 2 aromatic carbocycles. The summed E-state index contributed by atoms with van der Waals surface area (Å²) in [6.07, 6.45) is 0.619. The van der Waals surface area contributed by atoms with E-state index in [2.05, 4.69) is 9.97 Å². The fraction of sp³-hybridized carbons (Fsp3) is 0.0588. The highest BCUT2D eigenvalue weighted by Gasteiger charge is 2.21. The van der Waals surface area contributed by atoms with Crippen LogP contribution < -0.4 is 4.74 Å². The quantitative estimate of drug-likeness (QED) is 0.485. The van der Waals surface area contributed by atoms with Gasteiger partial charge in [0.2, 0.25) is 5.88 Å². The number of aromatic nitrogens is 2. The fourth-order valence-electron chi connectivity index (χ4n) is 2.60. The number of nitrogens with one attached hydrogen (secondary N) is 1. The Labute approximate surface area is 142 Å². The van der Waals surface area contributed by atoms with E-state index in [4.69, 9.17) is 28.6 Å². The number of H-pyrrole nitrogens is 1. The van der Waals surface area contributed by atoms with Gasteiger partial charge >= 0.3 is 0 Å².